The van der Waals surface area contributed by atoms with Crippen LogP contribution in [0, 0.1) is 51.8 Å². The normalized spacial score (nSPS) is 37.1. The van der Waals surface area contributed by atoms with E-state index >= 15 is 0 Å². The van der Waals surface area contributed by atoms with E-state index < -0.39 is 0 Å². The largest absolute Gasteiger partial charge is 0.396 e. The predicted molar refractivity (Wildman–Crippen MR) is 149 cm³/mol. The fraction of sp³-hybridized carbons (Fsp3) is 0.818. The smallest absolute Gasteiger partial charge is 0.0468 e. The molecule has 0 aromatic rings. The molecule has 9 rings (SSSR count). The third-order valence-electron chi connectivity index (χ3n) is 11.9. The van der Waals surface area contributed by atoms with Gasteiger partial charge in [-0.3, -0.25) is 0 Å². The van der Waals surface area contributed by atoms with E-state index in [9.17, 15) is 0 Å². The van der Waals surface area contributed by atoms with E-state index in [-0.39, 0.29) is 0 Å². The van der Waals surface area contributed by atoms with Crippen LogP contribution in [0.2, 0.25) is 0 Å². The van der Waals surface area contributed by atoms with Crippen LogP contribution < -0.4 is 0 Å². The van der Waals surface area contributed by atoms with Gasteiger partial charge in [-0.2, -0.15) is 0 Å². The summed E-state index contributed by atoms with van der Waals surface area (Å²) in [4.78, 5) is 0. The summed E-state index contributed by atoms with van der Waals surface area (Å²) in [6.45, 7) is 15.2. The number of fused-ring (bicyclic) bond motifs is 3. The van der Waals surface area contributed by atoms with Gasteiger partial charge >= 0.3 is 0 Å². The highest BCUT2D eigenvalue weighted by Gasteiger charge is 2.52. The Hall–Kier alpha value is -0.900. The Labute approximate surface area is 221 Å². The molecule has 3 N–H and O–H groups in total. The van der Waals surface area contributed by atoms with Gasteiger partial charge in [-0.25, -0.2) is 0 Å². The van der Waals surface area contributed by atoms with Gasteiger partial charge in [0, 0.05) is 19.8 Å². The zero-order valence-corrected chi connectivity index (χ0v) is 24.0. The Morgan fingerprint density at radius 1 is 0.528 bits per heavy atom. The minimum atomic E-state index is 0.322. The second kappa shape index (κ2) is 10.7. The van der Waals surface area contributed by atoms with E-state index in [0.717, 1.165) is 54.8 Å². The zero-order valence-electron chi connectivity index (χ0n) is 24.0. The fourth-order valence-corrected chi connectivity index (χ4v) is 8.66. The molecule has 0 aromatic heterocycles. The fourth-order valence-electron chi connectivity index (χ4n) is 8.66. The zero-order chi connectivity index (χ0) is 26.3. The van der Waals surface area contributed by atoms with Gasteiger partial charge in [0.15, 0.2) is 0 Å². The standard InChI is InChI=1S/3C11H18O/c3*1-11(2)9-4-3-8(5-6-12)10(11)7-9/h3*3,9-10,12H,4-7H2,1-2H3. The number of hydrogen-bond donors (Lipinski definition) is 3. The highest BCUT2D eigenvalue weighted by atomic mass is 16.3. The van der Waals surface area contributed by atoms with Crippen LogP contribution in [0.25, 0.3) is 0 Å². The van der Waals surface area contributed by atoms with Crippen LogP contribution in [0.1, 0.15) is 99.3 Å². The van der Waals surface area contributed by atoms with Gasteiger partial charge in [-0.15, -0.1) is 0 Å². The Morgan fingerprint density at radius 2 is 0.778 bits per heavy atom. The summed E-state index contributed by atoms with van der Waals surface area (Å²) >= 11 is 0. The van der Waals surface area contributed by atoms with Crippen molar-refractivity contribution in [2.24, 2.45) is 51.8 Å². The van der Waals surface area contributed by atoms with Crippen LogP contribution in [0.5, 0.6) is 0 Å². The minimum Gasteiger partial charge on any atom is -0.396 e. The number of allylic oxidation sites excluding steroid dienone is 3. The minimum absolute atomic E-state index is 0.322. The van der Waals surface area contributed by atoms with Crippen LogP contribution in [-0.4, -0.2) is 35.1 Å². The maximum absolute atomic E-state index is 8.88. The molecule has 0 aliphatic heterocycles. The SMILES string of the molecule is CC1(C)C2CC=C(CCO)C1C2.CC1(C)C2CC=C(CCO)C1C2.CC1(C)C2CC=C(CCO)C1C2. The van der Waals surface area contributed by atoms with Gasteiger partial charge in [0.05, 0.1) is 0 Å². The molecule has 0 heterocycles. The maximum Gasteiger partial charge on any atom is 0.0468 e. The molecular weight excluding hydrogens is 444 g/mol. The van der Waals surface area contributed by atoms with E-state index in [0.29, 0.717) is 36.1 Å². The predicted octanol–water partition coefficient (Wildman–Crippen LogP) is 7.08. The second-order valence-corrected chi connectivity index (χ2v) is 14.4. The molecule has 3 nitrogen and oxygen atoms in total. The molecule has 9 aliphatic carbocycles. The summed E-state index contributed by atoms with van der Waals surface area (Å²) in [7, 11) is 0. The van der Waals surface area contributed by atoms with Gasteiger partial charge in [-0.05, 0) is 110 Å². The van der Waals surface area contributed by atoms with Crippen molar-refractivity contribution >= 4 is 0 Å². The molecule has 0 saturated heterocycles. The van der Waals surface area contributed by atoms with Gasteiger partial charge < -0.3 is 15.3 Å². The van der Waals surface area contributed by atoms with Crippen molar-refractivity contribution in [3.05, 3.63) is 34.9 Å². The van der Waals surface area contributed by atoms with E-state index in [1.807, 2.05) is 0 Å². The van der Waals surface area contributed by atoms with Gasteiger partial charge in [0.25, 0.3) is 0 Å². The first-order chi connectivity index (χ1) is 17.0. The van der Waals surface area contributed by atoms with Gasteiger partial charge in [-0.1, -0.05) is 76.5 Å². The molecule has 0 aromatic carbocycles. The quantitative estimate of drug-likeness (QED) is 0.343. The summed E-state index contributed by atoms with van der Waals surface area (Å²) in [5.41, 5.74) is 6.14. The highest BCUT2D eigenvalue weighted by molar-refractivity contribution is 5.24. The van der Waals surface area contributed by atoms with Crippen molar-refractivity contribution in [1.29, 1.82) is 0 Å². The summed E-state index contributed by atoms with van der Waals surface area (Å²) < 4.78 is 0. The number of aliphatic hydroxyl groups excluding tert-OH is 3. The van der Waals surface area contributed by atoms with E-state index in [2.05, 4.69) is 59.8 Å². The topological polar surface area (TPSA) is 60.7 Å². The molecule has 6 bridgehead atoms. The third kappa shape index (κ3) is 4.94. The molecule has 3 saturated carbocycles. The van der Waals surface area contributed by atoms with Crippen molar-refractivity contribution in [2.45, 2.75) is 99.3 Å². The van der Waals surface area contributed by atoms with Crippen LogP contribution in [0.4, 0.5) is 0 Å². The molecule has 6 atom stereocenters. The Bertz CT molecular complexity index is 759. The average molecular weight is 499 g/mol. The Kier molecular flexibility index (Phi) is 8.35. The van der Waals surface area contributed by atoms with Crippen LogP contribution in [0.15, 0.2) is 34.9 Å². The first-order valence-electron chi connectivity index (χ1n) is 14.9. The molecule has 6 unspecified atom stereocenters. The second-order valence-electron chi connectivity index (χ2n) is 14.4. The van der Waals surface area contributed by atoms with Crippen LogP contribution in [0.3, 0.4) is 0 Å². The number of rotatable bonds is 6. The lowest BCUT2D eigenvalue weighted by Crippen LogP contribution is -2.48. The Balaban J connectivity index is 0.000000127. The number of hydrogen-bond acceptors (Lipinski definition) is 3. The van der Waals surface area contributed by atoms with Gasteiger partial charge in [0.1, 0.15) is 0 Å². The summed E-state index contributed by atoms with van der Waals surface area (Å²) in [6, 6.07) is 0. The van der Waals surface area contributed by atoms with Crippen molar-refractivity contribution in [2.75, 3.05) is 19.8 Å². The highest BCUT2D eigenvalue weighted by Crippen LogP contribution is 2.61. The monoisotopic (exact) mass is 498 g/mol. The molecule has 0 spiro atoms. The molecule has 36 heavy (non-hydrogen) atoms. The van der Waals surface area contributed by atoms with Crippen molar-refractivity contribution in [1.82, 2.24) is 0 Å². The first-order valence-corrected chi connectivity index (χ1v) is 14.9. The Morgan fingerprint density at radius 3 is 0.944 bits per heavy atom. The van der Waals surface area contributed by atoms with Crippen molar-refractivity contribution in [3.8, 4) is 0 Å². The molecule has 204 valence electrons. The van der Waals surface area contributed by atoms with E-state index in [4.69, 9.17) is 15.3 Å². The van der Waals surface area contributed by atoms with Gasteiger partial charge in [0.2, 0.25) is 0 Å². The molecule has 9 aliphatic rings. The molecular formula is C33H54O3. The van der Waals surface area contributed by atoms with Crippen molar-refractivity contribution in [3.63, 3.8) is 0 Å². The molecule has 3 fully saturated rings. The van der Waals surface area contributed by atoms with E-state index in [1.54, 1.807) is 0 Å². The lowest BCUT2D eigenvalue weighted by molar-refractivity contribution is -0.00949. The maximum atomic E-state index is 8.88. The summed E-state index contributed by atoms with van der Waals surface area (Å²) in [6.07, 6.45) is 17.7. The third-order valence-corrected chi connectivity index (χ3v) is 11.9. The molecule has 0 amide bonds. The first kappa shape index (κ1) is 28.1. The molecule has 0 radical (unpaired) electrons. The lowest BCUT2D eigenvalue weighted by Gasteiger charge is -2.56. The average Bonchev–Trinajstić information content (AvgIpc) is 2.85. The summed E-state index contributed by atoms with van der Waals surface area (Å²) in [5.74, 6) is 5.11. The molecule has 3 heteroatoms. The van der Waals surface area contributed by atoms with E-state index in [1.165, 1.54) is 55.2 Å². The lowest BCUT2D eigenvalue weighted by atomic mass is 9.48. The van der Waals surface area contributed by atoms with Crippen molar-refractivity contribution < 1.29 is 15.3 Å². The van der Waals surface area contributed by atoms with Crippen LogP contribution in [-0.2, 0) is 0 Å². The number of aliphatic hydroxyl groups is 3. The van der Waals surface area contributed by atoms with Crippen LogP contribution >= 0.6 is 0 Å². The summed E-state index contributed by atoms with van der Waals surface area (Å²) in [5, 5.41) is 26.6.